The molecule has 0 amide bonds. The maximum atomic E-state index is 9.59. The molecule has 0 aliphatic heterocycles. The van der Waals surface area contributed by atoms with Gasteiger partial charge in [-0.05, 0) is 35.9 Å². The Bertz CT molecular complexity index is 643. The molecule has 0 bridgehead atoms. The number of phenolic OH excluding ortho intramolecular Hbond substituents is 1. The molecule has 0 atom stereocenters. The number of benzene rings is 2. The Kier molecular flexibility index (Phi) is 6.11. The molecule has 23 heavy (non-hydrogen) atoms. The summed E-state index contributed by atoms with van der Waals surface area (Å²) in [6.07, 6.45) is 0.940. The van der Waals surface area contributed by atoms with E-state index in [1.807, 2.05) is 24.3 Å². The summed E-state index contributed by atoms with van der Waals surface area (Å²) in [4.78, 5) is 0. The van der Waals surface area contributed by atoms with E-state index in [1.54, 1.807) is 27.4 Å². The van der Waals surface area contributed by atoms with Crippen molar-refractivity contribution in [1.29, 1.82) is 0 Å². The molecule has 2 rings (SSSR count). The zero-order valence-corrected chi connectivity index (χ0v) is 13.8. The Balaban J connectivity index is 1.86. The predicted octanol–water partition coefficient (Wildman–Crippen LogP) is 1.72. The topological polar surface area (TPSA) is 64.5 Å². The first-order valence-corrected chi connectivity index (χ1v) is 7.56. The van der Waals surface area contributed by atoms with E-state index in [9.17, 15) is 5.11 Å². The Hall–Kier alpha value is -2.40. The van der Waals surface area contributed by atoms with Gasteiger partial charge in [0, 0.05) is 12.0 Å². The Morgan fingerprint density at radius 3 is 2.17 bits per heavy atom. The highest BCUT2D eigenvalue weighted by atomic mass is 16.5. The fourth-order valence-corrected chi connectivity index (χ4v) is 2.42. The standard InChI is InChI=1S/C18H23NO4/c1-21-16-7-5-13(10-18(16)23-3)8-9-19-12-14-4-6-15(20)17(11-14)22-2/h4-7,10-11,19-20H,8-9,12H2,1-3H3/p+1. The van der Waals surface area contributed by atoms with Gasteiger partial charge in [0.2, 0.25) is 0 Å². The minimum Gasteiger partial charge on any atom is -0.504 e. The lowest BCUT2D eigenvalue weighted by molar-refractivity contribution is -0.670. The highest BCUT2D eigenvalue weighted by Crippen LogP contribution is 2.27. The van der Waals surface area contributed by atoms with Gasteiger partial charge in [-0.2, -0.15) is 0 Å². The highest BCUT2D eigenvalue weighted by Gasteiger charge is 2.06. The van der Waals surface area contributed by atoms with Crippen LogP contribution in [0.3, 0.4) is 0 Å². The Labute approximate surface area is 136 Å². The molecule has 2 aromatic carbocycles. The van der Waals surface area contributed by atoms with Gasteiger partial charge in [-0.3, -0.25) is 0 Å². The van der Waals surface area contributed by atoms with Gasteiger partial charge < -0.3 is 24.6 Å². The maximum absolute atomic E-state index is 9.59. The lowest BCUT2D eigenvalue weighted by Crippen LogP contribution is -2.83. The van der Waals surface area contributed by atoms with Crippen LogP contribution in [-0.4, -0.2) is 33.0 Å². The van der Waals surface area contributed by atoms with E-state index in [4.69, 9.17) is 14.2 Å². The van der Waals surface area contributed by atoms with Crippen molar-refractivity contribution in [3.63, 3.8) is 0 Å². The van der Waals surface area contributed by atoms with Gasteiger partial charge in [-0.25, -0.2) is 0 Å². The van der Waals surface area contributed by atoms with Crippen molar-refractivity contribution in [3.05, 3.63) is 47.5 Å². The zero-order valence-electron chi connectivity index (χ0n) is 13.8. The van der Waals surface area contributed by atoms with Crippen molar-refractivity contribution in [2.24, 2.45) is 0 Å². The normalized spacial score (nSPS) is 10.4. The quantitative estimate of drug-likeness (QED) is 0.728. The van der Waals surface area contributed by atoms with E-state index in [-0.39, 0.29) is 5.75 Å². The van der Waals surface area contributed by atoms with E-state index in [2.05, 4.69) is 11.4 Å². The van der Waals surface area contributed by atoms with Crippen molar-refractivity contribution < 1.29 is 24.6 Å². The molecule has 0 heterocycles. The molecular formula is C18H24NO4+. The van der Waals surface area contributed by atoms with Crippen molar-refractivity contribution in [2.45, 2.75) is 13.0 Å². The molecule has 0 spiro atoms. The molecule has 0 saturated carbocycles. The van der Waals surface area contributed by atoms with Crippen LogP contribution in [-0.2, 0) is 13.0 Å². The van der Waals surface area contributed by atoms with E-state index in [1.165, 1.54) is 5.56 Å². The van der Waals surface area contributed by atoms with E-state index >= 15 is 0 Å². The van der Waals surface area contributed by atoms with Crippen LogP contribution in [0, 0.1) is 0 Å². The predicted molar refractivity (Wildman–Crippen MR) is 88.4 cm³/mol. The molecule has 2 aromatic rings. The largest absolute Gasteiger partial charge is 0.504 e. The number of hydrogen-bond acceptors (Lipinski definition) is 4. The third-order valence-corrected chi connectivity index (χ3v) is 3.71. The van der Waals surface area contributed by atoms with E-state index < -0.39 is 0 Å². The molecule has 5 nitrogen and oxygen atoms in total. The monoisotopic (exact) mass is 318 g/mol. The first-order valence-electron chi connectivity index (χ1n) is 7.56. The minimum atomic E-state index is 0.168. The third kappa shape index (κ3) is 4.53. The van der Waals surface area contributed by atoms with Crippen LogP contribution in [0.15, 0.2) is 36.4 Å². The first-order chi connectivity index (χ1) is 11.2. The molecule has 0 aromatic heterocycles. The highest BCUT2D eigenvalue weighted by molar-refractivity contribution is 5.43. The van der Waals surface area contributed by atoms with Crippen LogP contribution in [0.1, 0.15) is 11.1 Å². The molecule has 0 aliphatic carbocycles. The van der Waals surface area contributed by atoms with Gasteiger partial charge in [0.05, 0.1) is 27.9 Å². The lowest BCUT2D eigenvalue weighted by atomic mass is 10.1. The van der Waals surface area contributed by atoms with Gasteiger partial charge in [0.1, 0.15) is 6.54 Å². The molecule has 0 fully saturated rings. The summed E-state index contributed by atoms with van der Waals surface area (Å²) >= 11 is 0. The van der Waals surface area contributed by atoms with Gasteiger partial charge >= 0.3 is 0 Å². The first kappa shape index (κ1) is 17.0. The third-order valence-electron chi connectivity index (χ3n) is 3.71. The Morgan fingerprint density at radius 2 is 1.48 bits per heavy atom. The van der Waals surface area contributed by atoms with Gasteiger partial charge in [0.15, 0.2) is 23.0 Å². The molecule has 3 N–H and O–H groups in total. The van der Waals surface area contributed by atoms with Crippen LogP contribution in [0.2, 0.25) is 0 Å². The second-order valence-electron chi connectivity index (χ2n) is 5.23. The van der Waals surface area contributed by atoms with Crippen LogP contribution in [0.5, 0.6) is 23.0 Å². The second-order valence-corrected chi connectivity index (χ2v) is 5.23. The summed E-state index contributed by atoms with van der Waals surface area (Å²) in [5.41, 5.74) is 2.33. The van der Waals surface area contributed by atoms with E-state index in [0.717, 1.165) is 36.6 Å². The molecule has 0 unspecified atom stereocenters. The maximum Gasteiger partial charge on any atom is 0.160 e. The Morgan fingerprint density at radius 1 is 0.826 bits per heavy atom. The smallest absolute Gasteiger partial charge is 0.160 e. The van der Waals surface area contributed by atoms with Crippen molar-refractivity contribution in [3.8, 4) is 23.0 Å². The SMILES string of the molecule is COc1cc(C[NH2+]CCc2ccc(OC)c(OC)c2)ccc1O. The van der Waals surface area contributed by atoms with Gasteiger partial charge in [-0.1, -0.05) is 6.07 Å². The second kappa shape index (κ2) is 8.29. The molecule has 0 aliphatic rings. The number of phenols is 1. The average molecular weight is 318 g/mol. The lowest BCUT2D eigenvalue weighted by Gasteiger charge is -2.09. The van der Waals surface area contributed by atoms with Gasteiger partial charge in [-0.15, -0.1) is 0 Å². The fraction of sp³-hybridized carbons (Fsp3) is 0.333. The van der Waals surface area contributed by atoms with Crippen LogP contribution < -0.4 is 19.5 Å². The summed E-state index contributed by atoms with van der Waals surface area (Å²) in [5.74, 6) is 2.18. The molecule has 5 heteroatoms. The van der Waals surface area contributed by atoms with Crippen molar-refractivity contribution in [1.82, 2.24) is 0 Å². The molecular weight excluding hydrogens is 294 g/mol. The van der Waals surface area contributed by atoms with Crippen LogP contribution >= 0.6 is 0 Å². The minimum absolute atomic E-state index is 0.168. The van der Waals surface area contributed by atoms with Crippen LogP contribution in [0.25, 0.3) is 0 Å². The number of nitrogens with two attached hydrogens (primary N) is 1. The number of aromatic hydroxyl groups is 1. The van der Waals surface area contributed by atoms with E-state index in [0.29, 0.717) is 5.75 Å². The molecule has 0 saturated heterocycles. The van der Waals surface area contributed by atoms with Crippen LogP contribution in [0.4, 0.5) is 0 Å². The number of ether oxygens (including phenoxy) is 3. The number of quaternary nitrogens is 1. The number of methoxy groups -OCH3 is 3. The van der Waals surface area contributed by atoms with Crippen molar-refractivity contribution >= 4 is 0 Å². The van der Waals surface area contributed by atoms with Gasteiger partial charge in [0.25, 0.3) is 0 Å². The summed E-state index contributed by atoms with van der Waals surface area (Å²) in [6, 6.07) is 11.4. The van der Waals surface area contributed by atoms with Crippen molar-refractivity contribution in [2.75, 3.05) is 27.9 Å². The zero-order chi connectivity index (χ0) is 16.7. The fourth-order valence-electron chi connectivity index (χ4n) is 2.42. The number of rotatable bonds is 8. The molecule has 0 radical (unpaired) electrons. The summed E-state index contributed by atoms with van der Waals surface area (Å²) in [6.45, 7) is 1.79. The molecule has 124 valence electrons. The summed E-state index contributed by atoms with van der Waals surface area (Å²) < 4.78 is 15.7. The summed E-state index contributed by atoms with van der Waals surface area (Å²) in [7, 11) is 4.84. The average Bonchev–Trinajstić information content (AvgIpc) is 2.59. The summed E-state index contributed by atoms with van der Waals surface area (Å²) in [5, 5.41) is 11.8. The number of hydrogen-bond donors (Lipinski definition) is 2.